The van der Waals surface area contributed by atoms with Gasteiger partial charge in [-0.2, -0.15) is 0 Å². The fourth-order valence-electron chi connectivity index (χ4n) is 2.54. The van der Waals surface area contributed by atoms with Crippen LogP contribution in [-0.2, 0) is 11.2 Å². The molecule has 0 unspecified atom stereocenters. The summed E-state index contributed by atoms with van der Waals surface area (Å²) in [6, 6.07) is 12.1. The highest BCUT2D eigenvalue weighted by molar-refractivity contribution is 9.10. The first-order valence-electron chi connectivity index (χ1n) is 8.31. The van der Waals surface area contributed by atoms with Gasteiger partial charge in [-0.3, -0.25) is 4.79 Å². The number of nitrogens with one attached hydrogen (secondary N) is 2. The van der Waals surface area contributed by atoms with E-state index in [4.69, 9.17) is 5.11 Å². The van der Waals surface area contributed by atoms with Crippen LogP contribution in [0, 0.1) is 0 Å². The van der Waals surface area contributed by atoms with Crippen molar-refractivity contribution in [2.24, 2.45) is 0 Å². The Balaban J connectivity index is 1.83. The van der Waals surface area contributed by atoms with Gasteiger partial charge in [0.15, 0.2) is 0 Å². The molecule has 0 saturated heterocycles. The Morgan fingerprint density at radius 3 is 2.50 bits per heavy atom. The number of rotatable bonds is 9. The number of phenols is 1. The summed E-state index contributed by atoms with van der Waals surface area (Å²) in [5.74, 6) is -0.736. The normalized spacial score (nSPS) is 13.2. The van der Waals surface area contributed by atoms with Gasteiger partial charge in [-0.25, -0.2) is 0 Å². The Morgan fingerprint density at radius 2 is 1.88 bits per heavy atom. The lowest BCUT2D eigenvalue weighted by Gasteiger charge is -2.21. The van der Waals surface area contributed by atoms with Crippen LogP contribution in [0.25, 0.3) is 0 Å². The van der Waals surface area contributed by atoms with Crippen molar-refractivity contribution in [3.05, 3.63) is 58.1 Å². The molecule has 2 atom stereocenters. The first kappa shape index (κ1) is 20.2. The molecule has 0 fully saturated rings. The smallest absolute Gasteiger partial charge is 0.322 e. The molecule has 26 heavy (non-hydrogen) atoms. The number of carboxylic acid groups (broad SMARTS) is 1. The Morgan fingerprint density at radius 1 is 1.19 bits per heavy atom. The van der Waals surface area contributed by atoms with Crippen LogP contribution in [0.3, 0.4) is 0 Å². The minimum atomic E-state index is -0.911. The number of aromatic hydroxyl groups is 1. The summed E-state index contributed by atoms with van der Waals surface area (Å²) in [5, 5.41) is 34.5. The Labute approximate surface area is 161 Å². The van der Waals surface area contributed by atoms with Gasteiger partial charge in [0.05, 0.1) is 6.10 Å². The lowest BCUT2D eigenvalue weighted by atomic mass is 10.0. The van der Waals surface area contributed by atoms with Gasteiger partial charge in [0, 0.05) is 16.2 Å². The molecule has 2 aromatic rings. The Hall–Kier alpha value is -2.09. The maximum Gasteiger partial charge on any atom is 0.322 e. The maximum absolute atomic E-state index is 10.6. The van der Waals surface area contributed by atoms with Crippen molar-refractivity contribution in [2.75, 3.05) is 18.4 Å². The number of hydrogen-bond donors (Lipinski definition) is 5. The van der Waals surface area contributed by atoms with Crippen molar-refractivity contribution >= 4 is 27.6 Å². The molecule has 0 amide bonds. The summed E-state index contributed by atoms with van der Waals surface area (Å²) in [4.78, 5) is 10.6. The van der Waals surface area contributed by atoms with Crippen molar-refractivity contribution in [1.82, 2.24) is 5.32 Å². The molecule has 0 aromatic heterocycles. The van der Waals surface area contributed by atoms with Gasteiger partial charge in [0.1, 0.15) is 12.3 Å². The molecule has 2 rings (SSSR count). The zero-order valence-electron chi connectivity index (χ0n) is 14.4. The van der Waals surface area contributed by atoms with Crippen LogP contribution >= 0.6 is 15.9 Å². The summed E-state index contributed by atoms with van der Waals surface area (Å²) >= 11 is 3.44. The minimum absolute atomic E-state index is 0.133. The average Bonchev–Trinajstić information content (AvgIpc) is 2.60. The van der Waals surface area contributed by atoms with E-state index in [1.165, 1.54) is 0 Å². The lowest BCUT2D eigenvalue weighted by Crippen LogP contribution is -2.33. The molecule has 5 N–H and O–H groups in total. The molecule has 0 spiro atoms. The van der Waals surface area contributed by atoms with E-state index in [0.717, 1.165) is 27.7 Å². The SMILES string of the molecule is C[C@H](NCCc1ccc(NCC(=O)O)c(Br)c1)[C@H](O)c1ccc(O)cc1. The molecule has 0 bridgehead atoms. The number of carbonyl (C=O) groups is 1. The number of aliphatic hydroxyl groups is 1. The molecule has 0 radical (unpaired) electrons. The molecule has 2 aromatic carbocycles. The van der Waals surface area contributed by atoms with E-state index >= 15 is 0 Å². The first-order chi connectivity index (χ1) is 12.4. The van der Waals surface area contributed by atoms with Crippen LogP contribution < -0.4 is 10.6 Å². The number of anilines is 1. The van der Waals surface area contributed by atoms with E-state index in [2.05, 4.69) is 26.6 Å². The van der Waals surface area contributed by atoms with Crippen molar-refractivity contribution in [1.29, 1.82) is 0 Å². The molecule has 140 valence electrons. The van der Waals surface area contributed by atoms with Crippen LogP contribution in [0.1, 0.15) is 24.2 Å². The summed E-state index contributed by atoms with van der Waals surface area (Å²) < 4.78 is 0.813. The van der Waals surface area contributed by atoms with Crippen molar-refractivity contribution in [3.8, 4) is 5.75 Å². The molecule has 6 nitrogen and oxygen atoms in total. The lowest BCUT2D eigenvalue weighted by molar-refractivity contribution is -0.134. The second-order valence-corrected chi connectivity index (χ2v) is 6.94. The molecule has 0 aliphatic heterocycles. The summed E-state index contributed by atoms with van der Waals surface area (Å²) in [6.45, 7) is 2.46. The molecular formula is C19H23BrN2O4. The largest absolute Gasteiger partial charge is 0.508 e. The number of hydrogen-bond acceptors (Lipinski definition) is 5. The first-order valence-corrected chi connectivity index (χ1v) is 9.10. The number of phenolic OH excluding ortho intramolecular Hbond substituents is 1. The molecule has 0 aliphatic rings. The standard InChI is InChI=1S/C19H23BrN2O4/c1-12(19(26)14-3-5-15(23)6-4-14)21-9-8-13-2-7-17(16(20)10-13)22-11-18(24)25/h2-7,10,12,19,21-23,26H,8-9,11H2,1H3,(H,24,25)/t12-,19-/m0/s1. The Bertz CT molecular complexity index is 737. The third-order valence-electron chi connectivity index (χ3n) is 4.05. The zero-order chi connectivity index (χ0) is 19.1. The van der Waals surface area contributed by atoms with Gasteiger partial charge < -0.3 is 26.0 Å². The number of carboxylic acids is 1. The van der Waals surface area contributed by atoms with Gasteiger partial charge in [-0.15, -0.1) is 0 Å². The number of aliphatic hydroxyl groups excluding tert-OH is 1. The van der Waals surface area contributed by atoms with E-state index in [9.17, 15) is 15.0 Å². The van der Waals surface area contributed by atoms with Crippen LogP contribution in [-0.4, -0.2) is 40.4 Å². The van der Waals surface area contributed by atoms with E-state index < -0.39 is 12.1 Å². The van der Waals surface area contributed by atoms with Gasteiger partial charge in [-0.05, 0) is 71.2 Å². The van der Waals surface area contributed by atoms with Crippen LogP contribution in [0.2, 0.25) is 0 Å². The third-order valence-corrected chi connectivity index (χ3v) is 4.71. The monoisotopic (exact) mass is 422 g/mol. The zero-order valence-corrected chi connectivity index (χ0v) is 16.0. The highest BCUT2D eigenvalue weighted by Gasteiger charge is 2.15. The molecular weight excluding hydrogens is 400 g/mol. The minimum Gasteiger partial charge on any atom is -0.508 e. The molecule has 0 heterocycles. The third kappa shape index (κ3) is 6.01. The van der Waals surface area contributed by atoms with Crippen LogP contribution in [0.15, 0.2) is 46.9 Å². The predicted molar refractivity (Wildman–Crippen MR) is 105 cm³/mol. The van der Waals surface area contributed by atoms with Gasteiger partial charge in [0.25, 0.3) is 0 Å². The highest BCUT2D eigenvalue weighted by Crippen LogP contribution is 2.24. The Kier molecular flexibility index (Phi) is 7.44. The summed E-state index contributed by atoms with van der Waals surface area (Å²) in [6.07, 6.45) is 0.106. The van der Waals surface area contributed by atoms with E-state index in [1.54, 1.807) is 24.3 Å². The molecule has 0 aliphatic carbocycles. The topological polar surface area (TPSA) is 102 Å². The van der Waals surface area contributed by atoms with Crippen LogP contribution in [0.5, 0.6) is 5.75 Å². The van der Waals surface area contributed by atoms with Gasteiger partial charge in [-0.1, -0.05) is 18.2 Å². The number of aliphatic carboxylic acids is 1. The van der Waals surface area contributed by atoms with Gasteiger partial charge >= 0.3 is 5.97 Å². The fraction of sp³-hybridized carbons (Fsp3) is 0.316. The maximum atomic E-state index is 10.6. The van der Waals surface area contributed by atoms with Gasteiger partial charge in [0.2, 0.25) is 0 Å². The quantitative estimate of drug-likeness (QED) is 0.425. The molecule has 0 saturated carbocycles. The second-order valence-electron chi connectivity index (χ2n) is 6.09. The summed E-state index contributed by atoms with van der Waals surface area (Å²) in [7, 11) is 0. The highest BCUT2D eigenvalue weighted by atomic mass is 79.9. The van der Waals surface area contributed by atoms with Crippen molar-refractivity contribution in [2.45, 2.75) is 25.5 Å². The predicted octanol–water partition coefficient (Wildman–Crippen LogP) is 2.91. The number of halogens is 1. The second kappa shape index (κ2) is 9.56. The van der Waals surface area contributed by atoms with E-state index in [0.29, 0.717) is 6.54 Å². The summed E-state index contributed by atoms with van der Waals surface area (Å²) in [5.41, 5.74) is 2.58. The van der Waals surface area contributed by atoms with E-state index in [-0.39, 0.29) is 18.3 Å². The number of benzene rings is 2. The van der Waals surface area contributed by atoms with Crippen molar-refractivity contribution < 1.29 is 20.1 Å². The average molecular weight is 423 g/mol. The van der Waals surface area contributed by atoms with E-state index in [1.807, 2.05) is 25.1 Å². The fourth-order valence-corrected chi connectivity index (χ4v) is 3.11. The molecule has 7 heteroatoms. The van der Waals surface area contributed by atoms with Crippen molar-refractivity contribution in [3.63, 3.8) is 0 Å². The van der Waals surface area contributed by atoms with Crippen LogP contribution in [0.4, 0.5) is 5.69 Å².